The third-order valence-corrected chi connectivity index (χ3v) is 2.43. The molecule has 1 aromatic rings. The van der Waals surface area contributed by atoms with Crippen molar-refractivity contribution in [3.8, 4) is 0 Å². The number of imide groups is 1. The van der Waals surface area contributed by atoms with E-state index < -0.39 is 11.8 Å². The van der Waals surface area contributed by atoms with Crippen LogP contribution in [0.2, 0.25) is 0 Å². The van der Waals surface area contributed by atoms with Gasteiger partial charge in [0.15, 0.2) is 0 Å². The molecular formula is C12H17N3O4. The smallest absolute Gasteiger partial charge is 0.306 e. The van der Waals surface area contributed by atoms with E-state index in [2.05, 4.69) is 15.0 Å². The number of ether oxygens (including phenoxy) is 1. The van der Waals surface area contributed by atoms with Gasteiger partial charge in [0, 0.05) is 12.7 Å². The lowest BCUT2D eigenvalue weighted by molar-refractivity contribution is -0.141. The predicted molar refractivity (Wildman–Crippen MR) is 67.4 cm³/mol. The van der Waals surface area contributed by atoms with E-state index in [9.17, 15) is 14.4 Å². The number of amides is 2. The SMILES string of the molecule is COC(=O)CCN(C)CC(=O)NC(=O)c1ccc[nH]1. The van der Waals surface area contributed by atoms with Gasteiger partial charge in [-0.2, -0.15) is 0 Å². The number of nitrogens with one attached hydrogen (secondary N) is 2. The maximum Gasteiger partial charge on any atom is 0.306 e. The molecule has 0 spiro atoms. The van der Waals surface area contributed by atoms with Crippen LogP contribution >= 0.6 is 0 Å². The predicted octanol–water partition coefficient (Wildman–Crippen LogP) is -0.234. The van der Waals surface area contributed by atoms with Crippen LogP contribution in [0.15, 0.2) is 18.3 Å². The number of methoxy groups -OCH3 is 1. The van der Waals surface area contributed by atoms with Crippen LogP contribution < -0.4 is 5.32 Å². The zero-order valence-corrected chi connectivity index (χ0v) is 10.9. The quantitative estimate of drug-likeness (QED) is 0.694. The molecule has 104 valence electrons. The summed E-state index contributed by atoms with van der Waals surface area (Å²) in [7, 11) is 2.99. The van der Waals surface area contributed by atoms with Crippen LogP contribution in [0.25, 0.3) is 0 Å². The minimum atomic E-state index is -0.476. The van der Waals surface area contributed by atoms with Crippen molar-refractivity contribution in [3.05, 3.63) is 24.0 Å². The van der Waals surface area contributed by atoms with E-state index in [1.165, 1.54) is 7.11 Å². The topological polar surface area (TPSA) is 91.5 Å². The van der Waals surface area contributed by atoms with Crippen molar-refractivity contribution in [3.63, 3.8) is 0 Å². The summed E-state index contributed by atoms with van der Waals surface area (Å²) >= 11 is 0. The number of H-pyrrole nitrogens is 1. The maximum atomic E-state index is 11.6. The molecule has 0 saturated heterocycles. The van der Waals surface area contributed by atoms with Gasteiger partial charge in [0.25, 0.3) is 5.91 Å². The summed E-state index contributed by atoms with van der Waals surface area (Å²) in [6.45, 7) is 0.417. The van der Waals surface area contributed by atoms with Gasteiger partial charge in [-0.3, -0.25) is 24.6 Å². The first-order valence-corrected chi connectivity index (χ1v) is 5.76. The molecular weight excluding hydrogens is 250 g/mol. The molecule has 0 radical (unpaired) electrons. The van der Waals surface area contributed by atoms with E-state index in [0.717, 1.165) is 0 Å². The molecule has 1 aromatic heterocycles. The summed E-state index contributed by atoms with van der Waals surface area (Å²) in [5.41, 5.74) is 0.325. The van der Waals surface area contributed by atoms with Gasteiger partial charge >= 0.3 is 5.97 Å². The number of likely N-dealkylation sites (N-methyl/N-ethyl adjacent to an activating group) is 1. The first kappa shape index (κ1) is 14.9. The highest BCUT2D eigenvalue weighted by molar-refractivity contribution is 6.04. The van der Waals surface area contributed by atoms with Crippen LogP contribution in [0, 0.1) is 0 Å². The van der Waals surface area contributed by atoms with Gasteiger partial charge in [-0.1, -0.05) is 0 Å². The standard InChI is InChI=1S/C12H17N3O4/c1-15(7-5-11(17)19-2)8-10(16)14-12(18)9-4-3-6-13-9/h3-4,6,13H,5,7-8H2,1-2H3,(H,14,16,18). The number of hydrogen-bond acceptors (Lipinski definition) is 5. The van der Waals surface area contributed by atoms with E-state index >= 15 is 0 Å². The molecule has 0 bridgehead atoms. The fourth-order valence-electron chi connectivity index (χ4n) is 1.41. The third-order valence-electron chi connectivity index (χ3n) is 2.43. The number of esters is 1. The normalized spacial score (nSPS) is 10.3. The van der Waals surface area contributed by atoms with E-state index in [0.29, 0.717) is 12.2 Å². The van der Waals surface area contributed by atoms with E-state index in [1.807, 2.05) is 0 Å². The number of carbonyl (C=O) groups is 3. The molecule has 0 aliphatic rings. The van der Waals surface area contributed by atoms with Gasteiger partial charge in [0.2, 0.25) is 5.91 Å². The minimum absolute atomic E-state index is 0.0312. The minimum Gasteiger partial charge on any atom is -0.469 e. The Bertz CT molecular complexity index is 442. The zero-order chi connectivity index (χ0) is 14.3. The zero-order valence-electron chi connectivity index (χ0n) is 10.9. The van der Waals surface area contributed by atoms with E-state index in [1.54, 1.807) is 30.3 Å². The Labute approximate surface area is 110 Å². The van der Waals surface area contributed by atoms with Crippen molar-refractivity contribution in [2.75, 3.05) is 27.2 Å². The molecule has 2 amide bonds. The van der Waals surface area contributed by atoms with Crippen molar-refractivity contribution in [1.29, 1.82) is 0 Å². The van der Waals surface area contributed by atoms with Crippen molar-refractivity contribution >= 4 is 17.8 Å². The van der Waals surface area contributed by atoms with Gasteiger partial charge in [-0.05, 0) is 19.2 Å². The maximum absolute atomic E-state index is 11.6. The Balaban J connectivity index is 2.30. The van der Waals surface area contributed by atoms with Gasteiger partial charge in [-0.15, -0.1) is 0 Å². The summed E-state index contributed by atoms with van der Waals surface area (Å²) in [6, 6.07) is 3.24. The summed E-state index contributed by atoms with van der Waals surface area (Å²) in [4.78, 5) is 38.4. The molecule has 0 saturated carbocycles. The molecule has 7 heteroatoms. The highest BCUT2D eigenvalue weighted by Gasteiger charge is 2.13. The first-order valence-electron chi connectivity index (χ1n) is 5.76. The monoisotopic (exact) mass is 267 g/mol. The Morgan fingerprint density at radius 3 is 2.74 bits per heavy atom. The summed E-state index contributed by atoms with van der Waals surface area (Å²) in [5, 5.41) is 2.25. The molecule has 0 unspecified atom stereocenters. The van der Waals surface area contributed by atoms with Gasteiger partial charge in [0.1, 0.15) is 5.69 Å². The highest BCUT2D eigenvalue weighted by atomic mass is 16.5. The summed E-state index contributed by atoms with van der Waals surface area (Å²) in [6.07, 6.45) is 1.80. The molecule has 2 N–H and O–H groups in total. The van der Waals surface area contributed by atoms with Crippen LogP contribution in [0.5, 0.6) is 0 Å². The van der Waals surface area contributed by atoms with Crippen LogP contribution in [0.4, 0.5) is 0 Å². The Hall–Kier alpha value is -2.15. The van der Waals surface area contributed by atoms with Gasteiger partial charge in [-0.25, -0.2) is 0 Å². The number of carbonyl (C=O) groups excluding carboxylic acids is 3. The summed E-state index contributed by atoms with van der Waals surface area (Å²) in [5.74, 6) is -1.24. The van der Waals surface area contributed by atoms with E-state index in [-0.39, 0.29) is 18.9 Å². The number of aromatic nitrogens is 1. The molecule has 1 heterocycles. The number of nitrogens with zero attached hydrogens (tertiary/aromatic N) is 1. The van der Waals surface area contributed by atoms with Crippen molar-refractivity contribution in [2.24, 2.45) is 0 Å². The Morgan fingerprint density at radius 1 is 1.42 bits per heavy atom. The lowest BCUT2D eigenvalue weighted by atomic mass is 10.3. The van der Waals surface area contributed by atoms with E-state index in [4.69, 9.17) is 0 Å². The molecule has 7 nitrogen and oxygen atoms in total. The van der Waals surface area contributed by atoms with Crippen LogP contribution in [-0.2, 0) is 14.3 Å². The lowest BCUT2D eigenvalue weighted by Gasteiger charge is -2.14. The lowest BCUT2D eigenvalue weighted by Crippen LogP contribution is -2.39. The Morgan fingerprint density at radius 2 is 2.16 bits per heavy atom. The number of hydrogen-bond donors (Lipinski definition) is 2. The third kappa shape index (κ3) is 5.35. The molecule has 0 fully saturated rings. The summed E-state index contributed by atoms with van der Waals surface area (Å²) < 4.78 is 4.49. The van der Waals surface area contributed by atoms with Crippen LogP contribution in [0.3, 0.4) is 0 Å². The molecule has 0 aliphatic heterocycles. The molecule has 0 aromatic carbocycles. The first-order chi connectivity index (χ1) is 9.02. The van der Waals surface area contributed by atoms with Crippen molar-refractivity contribution < 1.29 is 19.1 Å². The average molecular weight is 267 g/mol. The molecule has 1 rings (SSSR count). The van der Waals surface area contributed by atoms with Crippen LogP contribution in [-0.4, -0.2) is 54.9 Å². The molecule has 19 heavy (non-hydrogen) atoms. The fourth-order valence-corrected chi connectivity index (χ4v) is 1.41. The second-order valence-corrected chi connectivity index (χ2v) is 4.03. The Kier molecular flexibility index (Phi) is 5.74. The number of rotatable bonds is 6. The van der Waals surface area contributed by atoms with Gasteiger partial charge in [0.05, 0.1) is 20.1 Å². The van der Waals surface area contributed by atoms with Gasteiger partial charge < -0.3 is 9.72 Å². The second-order valence-electron chi connectivity index (χ2n) is 4.03. The second kappa shape index (κ2) is 7.32. The average Bonchev–Trinajstić information content (AvgIpc) is 2.89. The van der Waals surface area contributed by atoms with Crippen molar-refractivity contribution in [1.82, 2.24) is 15.2 Å². The van der Waals surface area contributed by atoms with Crippen LogP contribution in [0.1, 0.15) is 16.9 Å². The fraction of sp³-hybridized carbons (Fsp3) is 0.417. The number of aromatic amines is 1. The highest BCUT2D eigenvalue weighted by Crippen LogP contribution is 1.94. The molecule has 0 aliphatic carbocycles. The largest absolute Gasteiger partial charge is 0.469 e. The molecule has 0 atom stereocenters. The van der Waals surface area contributed by atoms with Crippen molar-refractivity contribution in [2.45, 2.75) is 6.42 Å².